The maximum absolute atomic E-state index is 13.1. The smallest absolute Gasteiger partial charge is 0.193 e. The molecule has 0 fully saturated rings. The Morgan fingerprint density at radius 1 is 1.00 bits per heavy atom. The minimum absolute atomic E-state index is 0.303. The number of hydrogen-bond acceptors (Lipinski definition) is 1. The van der Waals surface area contributed by atoms with Crippen LogP contribution in [0.4, 0.5) is 8.78 Å². The second-order valence-electron chi connectivity index (χ2n) is 5.93. The van der Waals surface area contributed by atoms with E-state index < -0.39 is 20.0 Å². The zero-order valence-corrected chi connectivity index (χ0v) is 13.2. The monoisotopic (exact) mass is 286 g/mol. The molecule has 1 aromatic carbocycles. The Labute approximate surface area is 115 Å². The molecule has 0 unspecified atom stereocenters. The first kappa shape index (κ1) is 16.3. The van der Waals surface area contributed by atoms with E-state index in [1.54, 1.807) is 0 Å². The standard InChI is InChI=1S/C15H24F2OSi/c1-11(2)19(18,12(3)4)7-5-6-13-8-14(16)10-15(17)9-13/h8-12,18H,5-7H2,1-4H3. The zero-order chi connectivity index (χ0) is 14.6. The summed E-state index contributed by atoms with van der Waals surface area (Å²) < 4.78 is 26.1. The summed E-state index contributed by atoms with van der Waals surface area (Å²) in [5, 5.41) is 0. The van der Waals surface area contributed by atoms with E-state index in [0.29, 0.717) is 23.1 Å². The van der Waals surface area contributed by atoms with E-state index in [9.17, 15) is 13.6 Å². The molecule has 0 bridgehead atoms. The Morgan fingerprint density at radius 3 is 1.89 bits per heavy atom. The highest BCUT2D eigenvalue weighted by Gasteiger charge is 2.37. The summed E-state index contributed by atoms with van der Waals surface area (Å²) in [5.41, 5.74) is 1.27. The summed E-state index contributed by atoms with van der Waals surface area (Å²) >= 11 is 0. The van der Waals surface area contributed by atoms with Gasteiger partial charge in [-0.15, -0.1) is 0 Å². The fourth-order valence-electron chi connectivity index (χ4n) is 2.57. The summed E-state index contributed by atoms with van der Waals surface area (Å²) in [6.07, 6.45) is 1.39. The van der Waals surface area contributed by atoms with Gasteiger partial charge < -0.3 is 4.80 Å². The summed E-state index contributed by atoms with van der Waals surface area (Å²) in [6, 6.07) is 4.40. The van der Waals surface area contributed by atoms with Crippen molar-refractivity contribution in [3.05, 3.63) is 35.4 Å². The molecule has 0 aliphatic carbocycles. The van der Waals surface area contributed by atoms with Gasteiger partial charge in [-0.3, -0.25) is 0 Å². The van der Waals surface area contributed by atoms with Crippen molar-refractivity contribution >= 4 is 8.32 Å². The topological polar surface area (TPSA) is 20.2 Å². The van der Waals surface area contributed by atoms with Gasteiger partial charge in [-0.25, -0.2) is 8.78 Å². The van der Waals surface area contributed by atoms with E-state index in [0.717, 1.165) is 18.5 Å². The highest BCUT2D eigenvalue weighted by Crippen LogP contribution is 2.34. The molecule has 0 amide bonds. The lowest BCUT2D eigenvalue weighted by Crippen LogP contribution is -2.41. The van der Waals surface area contributed by atoms with E-state index in [4.69, 9.17) is 0 Å². The van der Waals surface area contributed by atoms with Crippen molar-refractivity contribution in [3.8, 4) is 0 Å². The number of halogens is 2. The molecule has 1 nitrogen and oxygen atoms in total. The fraction of sp³-hybridized carbons (Fsp3) is 0.600. The minimum atomic E-state index is -2.27. The third-order valence-electron chi connectivity index (χ3n) is 3.96. The van der Waals surface area contributed by atoms with Gasteiger partial charge in [-0.1, -0.05) is 27.7 Å². The van der Waals surface area contributed by atoms with E-state index in [2.05, 4.69) is 27.7 Å². The molecule has 0 aliphatic rings. The van der Waals surface area contributed by atoms with Gasteiger partial charge in [-0.05, 0) is 47.7 Å². The predicted octanol–water partition coefficient (Wildman–Crippen LogP) is 4.66. The van der Waals surface area contributed by atoms with Crippen LogP contribution in [0.25, 0.3) is 0 Å². The average Bonchev–Trinajstić information content (AvgIpc) is 2.26. The van der Waals surface area contributed by atoms with Crippen LogP contribution >= 0.6 is 0 Å². The molecule has 4 heteroatoms. The molecular weight excluding hydrogens is 262 g/mol. The molecular formula is C15H24F2OSi. The van der Waals surface area contributed by atoms with Crippen LogP contribution in [0.5, 0.6) is 0 Å². The number of benzene rings is 1. The number of rotatable bonds is 6. The van der Waals surface area contributed by atoms with Crippen molar-refractivity contribution in [2.45, 2.75) is 57.7 Å². The lowest BCUT2D eigenvalue weighted by molar-refractivity contribution is 0.486. The minimum Gasteiger partial charge on any atom is -0.431 e. The third kappa shape index (κ3) is 4.39. The second-order valence-corrected chi connectivity index (χ2v) is 10.7. The molecule has 0 saturated heterocycles. The van der Waals surface area contributed by atoms with Crippen LogP contribution in [-0.2, 0) is 6.42 Å². The van der Waals surface area contributed by atoms with Crippen molar-refractivity contribution in [2.24, 2.45) is 0 Å². The van der Waals surface area contributed by atoms with Gasteiger partial charge in [0.15, 0.2) is 8.32 Å². The first-order valence-corrected chi connectivity index (χ1v) is 9.24. The second kappa shape index (κ2) is 6.62. The lowest BCUT2D eigenvalue weighted by Gasteiger charge is -2.33. The van der Waals surface area contributed by atoms with Crippen LogP contribution in [0.15, 0.2) is 18.2 Å². The van der Waals surface area contributed by atoms with Crippen molar-refractivity contribution in [3.63, 3.8) is 0 Å². The quantitative estimate of drug-likeness (QED) is 0.754. The summed E-state index contributed by atoms with van der Waals surface area (Å²) in [6.45, 7) is 8.25. The third-order valence-corrected chi connectivity index (χ3v) is 9.12. The van der Waals surface area contributed by atoms with Gasteiger partial charge in [0.25, 0.3) is 0 Å². The molecule has 0 radical (unpaired) electrons. The summed E-state index contributed by atoms with van der Waals surface area (Å²) in [4.78, 5) is 10.7. The van der Waals surface area contributed by atoms with Gasteiger partial charge in [0, 0.05) is 6.07 Å². The first-order valence-electron chi connectivity index (χ1n) is 6.93. The Hall–Kier alpha value is -0.743. The van der Waals surface area contributed by atoms with Crippen LogP contribution < -0.4 is 0 Å². The number of hydrogen-bond donors (Lipinski definition) is 1. The van der Waals surface area contributed by atoms with Gasteiger partial charge in [0.2, 0.25) is 0 Å². The molecule has 0 saturated carbocycles. The summed E-state index contributed by atoms with van der Waals surface area (Å²) in [7, 11) is -2.27. The Morgan fingerprint density at radius 2 is 1.47 bits per heavy atom. The highest BCUT2D eigenvalue weighted by atomic mass is 28.4. The molecule has 0 aliphatic heterocycles. The van der Waals surface area contributed by atoms with Crippen molar-refractivity contribution in [2.75, 3.05) is 0 Å². The van der Waals surface area contributed by atoms with Crippen LogP contribution in [0.2, 0.25) is 17.1 Å². The van der Waals surface area contributed by atoms with Crippen LogP contribution in [0, 0.1) is 11.6 Å². The van der Waals surface area contributed by atoms with E-state index in [1.807, 2.05) is 0 Å². The van der Waals surface area contributed by atoms with Crippen molar-refractivity contribution in [1.29, 1.82) is 0 Å². The zero-order valence-electron chi connectivity index (χ0n) is 12.2. The molecule has 108 valence electrons. The SMILES string of the molecule is CC(C)[Si](O)(CCCc1cc(F)cc(F)c1)C(C)C. The highest BCUT2D eigenvalue weighted by molar-refractivity contribution is 6.75. The van der Waals surface area contributed by atoms with Crippen LogP contribution in [0.3, 0.4) is 0 Å². The molecule has 0 heterocycles. The van der Waals surface area contributed by atoms with E-state index >= 15 is 0 Å². The van der Waals surface area contributed by atoms with Gasteiger partial charge in [0.05, 0.1) is 0 Å². The normalized spacial score (nSPS) is 12.5. The Balaban J connectivity index is 2.62. The molecule has 0 aromatic heterocycles. The maximum atomic E-state index is 13.1. The summed E-state index contributed by atoms with van der Waals surface area (Å²) in [5.74, 6) is -1.06. The Kier molecular flexibility index (Phi) is 5.68. The van der Waals surface area contributed by atoms with E-state index in [1.165, 1.54) is 12.1 Å². The first-order chi connectivity index (χ1) is 8.75. The van der Waals surface area contributed by atoms with Gasteiger partial charge in [0.1, 0.15) is 11.6 Å². The van der Waals surface area contributed by atoms with E-state index in [-0.39, 0.29) is 0 Å². The molecule has 0 atom stereocenters. The molecule has 0 spiro atoms. The van der Waals surface area contributed by atoms with Crippen LogP contribution in [0.1, 0.15) is 39.7 Å². The largest absolute Gasteiger partial charge is 0.431 e. The van der Waals surface area contributed by atoms with Crippen LogP contribution in [-0.4, -0.2) is 13.1 Å². The fourth-order valence-corrected chi connectivity index (χ4v) is 5.81. The van der Waals surface area contributed by atoms with Gasteiger partial charge >= 0.3 is 0 Å². The predicted molar refractivity (Wildman–Crippen MR) is 77.7 cm³/mol. The van der Waals surface area contributed by atoms with Crippen molar-refractivity contribution < 1.29 is 13.6 Å². The van der Waals surface area contributed by atoms with Crippen molar-refractivity contribution in [1.82, 2.24) is 0 Å². The average molecular weight is 286 g/mol. The molecule has 19 heavy (non-hydrogen) atoms. The lowest BCUT2D eigenvalue weighted by atomic mass is 10.1. The maximum Gasteiger partial charge on any atom is 0.193 e. The molecule has 1 aromatic rings. The molecule has 1 rings (SSSR count). The molecule has 1 N–H and O–H groups in total. The number of aryl methyl sites for hydroxylation is 1. The van der Waals surface area contributed by atoms with Gasteiger partial charge in [-0.2, -0.15) is 0 Å². The Bertz CT molecular complexity index is 390.